The summed E-state index contributed by atoms with van der Waals surface area (Å²) in [5, 5.41) is 0. The Morgan fingerprint density at radius 2 is 1.53 bits per heavy atom. The Morgan fingerprint density at radius 1 is 0.900 bits per heavy atom. The summed E-state index contributed by atoms with van der Waals surface area (Å²) in [6.45, 7) is 12.4. The first-order chi connectivity index (χ1) is 14.1. The van der Waals surface area contributed by atoms with Gasteiger partial charge in [-0.2, -0.15) is 13.2 Å². The average molecular weight is 422 g/mol. The fourth-order valence-corrected chi connectivity index (χ4v) is 3.55. The van der Waals surface area contributed by atoms with Gasteiger partial charge in [0.15, 0.2) is 0 Å². The van der Waals surface area contributed by atoms with E-state index >= 15 is 0 Å². The third kappa shape index (κ3) is 6.44. The molecular weight excluding hydrogens is 391 g/mol. The van der Waals surface area contributed by atoms with Gasteiger partial charge in [-0.05, 0) is 38.0 Å². The lowest BCUT2D eigenvalue weighted by molar-refractivity contribution is -0.137. The molecule has 1 aromatic heterocycles. The molecule has 7 heteroatoms. The van der Waals surface area contributed by atoms with Gasteiger partial charge in [-0.1, -0.05) is 24.3 Å². The predicted octanol–water partition coefficient (Wildman–Crippen LogP) is 4.64. The molecule has 2 aromatic rings. The molecule has 4 nitrogen and oxygen atoms in total. The van der Waals surface area contributed by atoms with Crippen molar-refractivity contribution in [3.05, 3.63) is 59.3 Å². The van der Waals surface area contributed by atoms with Gasteiger partial charge in [-0.15, -0.1) is 0 Å². The lowest BCUT2D eigenvalue weighted by atomic mass is 10.0. The van der Waals surface area contributed by atoms with E-state index in [9.17, 15) is 13.2 Å². The van der Waals surface area contributed by atoms with Gasteiger partial charge in [0.05, 0.1) is 12.2 Å². The molecule has 1 aromatic carbocycles. The lowest BCUT2D eigenvalue weighted by Crippen LogP contribution is -2.53. The second-order valence-corrected chi connectivity index (χ2v) is 8.73. The van der Waals surface area contributed by atoms with Crippen molar-refractivity contribution in [3.63, 3.8) is 0 Å². The van der Waals surface area contributed by atoms with Crippen molar-refractivity contribution >= 4 is 0 Å². The van der Waals surface area contributed by atoms with Gasteiger partial charge in [-0.3, -0.25) is 9.80 Å². The Morgan fingerprint density at radius 3 is 2.07 bits per heavy atom. The van der Waals surface area contributed by atoms with Gasteiger partial charge in [0.1, 0.15) is 0 Å². The van der Waals surface area contributed by atoms with Crippen LogP contribution in [-0.2, 0) is 19.1 Å². The molecule has 1 saturated heterocycles. The maximum Gasteiger partial charge on any atom is 0.417 e. The van der Waals surface area contributed by atoms with Gasteiger partial charge in [-0.25, -0.2) is 4.98 Å². The predicted molar refractivity (Wildman–Crippen MR) is 111 cm³/mol. The van der Waals surface area contributed by atoms with Crippen molar-refractivity contribution in [2.45, 2.75) is 45.5 Å². The number of hydrogen-bond donors (Lipinski definition) is 0. The highest BCUT2D eigenvalue weighted by atomic mass is 19.4. The Bertz CT molecular complexity index is 790. The zero-order valence-electron chi connectivity index (χ0n) is 17.9. The zero-order chi connectivity index (χ0) is 21.8. The molecule has 0 spiro atoms. The molecule has 30 heavy (non-hydrogen) atoms. The highest BCUT2D eigenvalue weighted by molar-refractivity contribution is 5.23. The van der Waals surface area contributed by atoms with Gasteiger partial charge < -0.3 is 4.74 Å². The summed E-state index contributed by atoms with van der Waals surface area (Å²) in [6.07, 6.45) is -2.91. The molecule has 0 saturated carbocycles. The first kappa shape index (κ1) is 22.6. The summed E-state index contributed by atoms with van der Waals surface area (Å²) in [4.78, 5) is 8.73. The standard InChI is InChI=1S/C23H30F3N3O/c1-22(2,3)29-13-11-28(12-14-29)17-19-6-4-18(5-7-19)10-15-30-21-9-8-20(16-27-21)23(24,25)26/h4-9,16H,10-15,17H2,1-3H3. The lowest BCUT2D eigenvalue weighted by Gasteiger charge is -2.42. The number of rotatable bonds is 6. The first-order valence-corrected chi connectivity index (χ1v) is 10.3. The van der Waals surface area contributed by atoms with Crippen LogP contribution in [0.25, 0.3) is 0 Å². The van der Waals surface area contributed by atoms with Crippen molar-refractivity contribution in [2.24, 2.45) is 0 Å². The normalized spacial score (nSPS) is 16.6. The van der Waals surface area contributed by atoms with E-state index in [0.29, 0.717) is 13.0 Å². The van der Waals surface area contributed by atoms with Gasteiger partial charge in [0, 0.05) is 56.9 Å². The molecular formula is C23H30F3N3O. The maximum atomic E-state index is 12.6. The van der Waals surface area contributed by atoms with E-state index in [1.54, 1.807) is 0 Å². The van der Waals surface area contributed by atoms with Crippen molar-refractivity contribution < 1.29 is 17.9 Å². The summed E-state index contributed by atoms with van der Waals surface area (Å²) in [6, 6.07) is 10.7. The van der Waals surface area contributed by atoms with Crippen LogP contribution in [0.15, 0.2) is 42.6 Å². The van der Waals surface area contributed by atoms with E-state index in [4.69, 9.17) is 4.74 Å². The van der Waals surface area contributed by atoms with E-state index in [1.807, 2.05) is 0 Å². The largest absolute Gasteiger partial charge is 0.477 e. The first-order valence-electron chi connectivity index (χ1n) is 10.3. The highest BCUT2D eigenvalue weighted by Crippen LogP contribution is 2.29. The number of ether oxygens (including phenoxy) is 1. The van der Waals surface area contributed by atoms with Crippen molar-refractivity contribution in [3.8, 4) is 5.88 Å². The van der Waals surface area contributed by atoms with Crippen LogP contribution in [0.5, 0.6) is 5.88 Å². The van der Waals surface area contributed by atoms with Crippen LogP contribution in [0, 0.1) is 0 Å². The van der Waals surface area contributed by atoms with Crippen LogP contribution in [0.3, 0.4) is 0 Å². The monoisotopic (exact) mass is 421 g/mol. The molecule has 0 N–H and O–H groups in total. The van der Waals surface area contributed by atoms with Crippen LogP contribution < -0.4 is 4.74 Å². The minimum atomic E-state index is -4.38. The minimum Gasteiger partial charge on any atom is -0.477 e. The molecule has 1 fully saturated rings. The van der Waals surface area contributed by atoms with E-state index < -0.39 is 11.7 Å². The molecule has 1 aliphatic rings. The fraction of sp³-hybridized carbons (Fsp3) is 0.522. The Hall–Kier alpha value is -2.12. The van der Waals surface area contributed by atoms with E-state index in [0.717, 1.165) is 50.6 Å². The molecule has 0 radical (unpaired) electrons. The number of benzene rings is 1. The second kappa shape index (κ2) is 9.35. The van der Waals surface area contributed by atoms with E-state index in [1.165, 1.54) is 11.6 Å². The molecule has 3 rings (SSSR count). The van der Waals surface area contributed by atoms with Gasteiger partial charge in [0.25, 0.3) is 0 Å². The number of aromatic nitrogens is 1. The fourth-order valence-electron chi connectivity index (χ4n) is 3.55. The molecule has 0 unspecified atom stereocenters. The number of piperazine rings is 1. The summed E-state index contributed by atoms with van der Waals surface area (Å²) in [5.41, 5.74) is 1.87. The van der Waals surface area contributed by atoms with Crippen LogP contribution in [0.2, 0.25) is 0 Å². The van der Waals surface area contributed by atoms with Crippen LogP contribution in [-0.4, -0.2) is 53.1 Å². The van der Waals surface area contributed by atoms with Gasteiger partial charge in [0.2, 0.25) is 5.88 Å². The minimum absolute atomic E-state index is 0.203. The SMILES string of the molecule is CC(C)(C)N1CCN(Cc2ccc(CCOc3ccc(C(F)(F)F)cn3)cc2)CC1. The molecule has 2 heterocycles. The summed E-state index contributed by atoms with van der Waals surface area (Å²) in [7, 11) is 0. The molecule has 1 aliphatic heterocycles. The molecule has 0 aliphatic carbocycles. The van der Waals surface area contributed by atoms with E-state index in [2.05, 4.69) is 59.8 Å². The van der Waals surface area contributed by atoms with Gasteiger partial charge >= 0.3 is 6.18 Å². The van der Waals surface area contributed by atoms with Crippen LogP contribution in [0.4, 0.5) is 13.2 Å². The number of halogens is 3. The maximum absolute atomic E-state index is 12.6. The quantitative estimate of drug-likeness (QED) is 0.680. The number of nitrogens with zero attached hydrogens (tertiary/aromatic N) is 3. The zero-order valence-corrected chi connectivity index (χ0v) is 17.9. The van der Waals surface area contributed by atoms with Crippen molar-refractivity contribution in [1.29, 1.82) is 0 Å². The molecule has 0 atom stereocenters. The third-order valence-corrected chi connectivity index (χ3v) is 5.45. The number of alkyl halides is 3. The Labute approximate surface area is 176 Å². The highest BCUT2D eigenvalue weighted by Gasteiger charge is 2.30. The van der Waals surface area contributed by atoms with Crippen molar-refractivity contribution in [2.75, 3.05) is 32.8 Å². The summed E-state index contributed by atoms with van der Waals surface area (Å²) < 4.78 is 43.1. The summed E-state index contributed by atoms with van der Waals surface area (Å²) >= 11 is 0. The molecule has 0 bridgehead atoms. The summed E-state index contributed by atoms with van der Waals surface area (Å²) in [5.74, 6) is 0.203. The number of hydrogen-bond acceptors (Lipinski definition) is 4. The topological polar surface area (TPSA) is 28.6 Å². The Kier molecular flexibility index (Phi) is 7.03. The second-order valence-electron chi connectivity index (χ2n) is 8.73. The van der Waals surface area contributed by atoms with Crippen molar-refractivity contribution in [1.82, 2.24) is 14.8 Å². The van der Waals surface area contributed by atoms with Crippen LogP contribution >= 0.6 is 0 Å². The van der Waals surface area contributed by atoms with Crippen LogP contribution in [0.1, 0.15) is 37.5 Å². The van der Waals surface area contributed by atoms with E-state index in [-0.39, 0.29) is 11.4 Å². The smallest absolute Gasteiger partial charge is 0.417 e. The molecule has 164 valence electrons. The third-order valence-electron chi connectivity index (χ3n) is 5.45. The number of pyridine rings is 1. The Balaban J connectivity index is 1.42. The average Bonchev–Trinajstić information content (AvgIpc) is 2.69. The molecule has 0 amide bonds.